The maximum Gasteiger partial charge on any atom is 0.139 e. The second kappa shape index (κ2) is 7.36. The minimum atomic E-state index is 0.0220. The van der Waals surface area contributed by atoms with E-state index < -0.39 is 0 Å². The summed E-state index contributed by atoms with van der Waals surface area (Å²) in [5, 5.41) is 0.707. The van der Waals surface area contributed by atoms with Gasteiger partial charge in [-0.3, -0.25) is 4.90 Å². The number of hydrogen-bond donors (Lipinski definition) is 1. The molecule has 0 amide bonds. The van der Waals surface area contributed by atoms with Gasteiger partial charge in [0.25, 0.3) is 0 Å². The van der Waals surface area contributed by atoms with Crippen LogP contribution in [0.1, 0.15) is 36.5 Å². The summed E-state index contributed by atoms with van der Waals surface area (Å²) in [7, 11) is 0. The average Bonchev–Trinajstić information content (AvgIpc) is 2.62. The second-order valence-corrected chi connectivity index (χ2v) is 7.63. The summed E-state index contributed by atoms with van der Waals surface area (Å²) < 4.78 is 6.50. The van der Waals surface area contributed by atoms with Crippen LogP contribution >= 0.6 is 11.6 Å². The normalized spacial score (nSPS) is 26.9. The lowest BCUT2D eigenvalue weighted by Gasteiger charge is -2.43. The second-order valence-electron chi connectivity index (χ2n) is 7.20. The molecule has 1 saturated heterocycles. The van der Waals surface area contributed by atoms with Gasteiger partial charge in [-0.15, -0.1) is 0 Å². The van der Waals surface area contributed by atoms with Crippen LogP contribution in [0, 0.1) is 0 Å². The van der Waals surface area contributed by atoms with Gasteiger partial charge in [0, 0.05) is 17.6 Å². The first-order valence-electron chi connectivity index (χ1n) is 9.20. The maximum atomic E-state index is 6.50. The van der Waals surface area contributed by atoms with Crippen molar-refractivity contribution in [2.75, 3.05) is 13.1 Å². The van der Waals surface area contributed by atoms with Crippen LogP contribution in [-0.2, 0) is 6.42 Å². The highest BCUT2D eigenvalue weighted by atomic mass is 35.5. The summed E-state index contributed by atoms with van der Waals surface area (Å²) in [5.41, 5.74) is 8.94. The molecule has 0 saturated carbocycles. The quantitative estimate of drug-likeness (QED) is 0.895. The van der Waals surface area contributed by atoms with E-state index in [2.05, 4.69) is 29.2 Å². The van der Waals surface area contributed by atoms with Crippen molar-refractivity contribution in [1.82, 2.24) is 4.90 Å². The number of likely N-dealkylation sites (tertiary alicyclic amines) is 1. The number of halogens is 1. The highest BCUT2D eigenvalue weighted by molar-refractivity contribution is 6.30. The number of aryl methyl sites for hydroxylation is 1. The molecule has 3 atom stereocenters. The maximum absolute atomic E-state index is 6.50. The van der Waals surface area contributed by atoms with Gasteiger partial charge in [0.15, 0.2) is 0 Å². The van der Waals surface area contributed by atoms with Gasteiger partial charge in [-0.05, 0) is 61.6 Å². The fourth-order valence-corrected chi connectivity index (χ4v) is 4.43. The number of hydrogen-bond acceptors (Lipinski definition) is 3. The molecule has 0 radical (unpaired) electrons. The van der Waals surface area contributed by atoms with Crippen molar-refractivity contribution in [3.05, 3.63) is 64.7 Å². The monoisotopic (exact) mass is 356 g/mol. The van der Waals surface area contributed by atoms with E-state index in [0.29, 0.717) is 11.1 Å². The van der Waals surface area contributed by atoms with E-state index >= 15 is 0 Å². The Bertz CT molecular complexity index is 735. The molecule has 0 spiro atoms. The average molecular weight is 357 g/mol. The molecule has 0 bridgehead atoms. The summed E-state index contributed by atoms with van der Waals surface area (Å²) in [6.45, 7) is 2.07. The molecule has 0 aromatic heterocycles. The lowest BCUT2D eigenvalue weighted by molar-refractivity contribution is 0.0367. The lowest BCUT2D eigenvalue weighted by atomic mass is 9.84. The Balaban J connectivity index is 1.65. The Morgan fingerprint density at radius 2 is 1.96 bits per heavy atom. The predicted molar refractivity (Wildman–Crippen MR) is 102 cm³/mol. The third-order valence-corrected chi connectivity index (χ3v) is 5.67. The summed E-state index contributed by atoms with van der Waals surface area (Å²) >= 11 is 6.16. The summed E-state index contributed by atoms with van der Waals surface area (Å²) in [4.78, 5) is 2.54. The molecule has 4 heteroatoms. The summed E-state index contributed by atoms with van der Waals surface area (Å²) in [6.07, 6.45) is 4.52. The molecule has 2 aliphatic rings. The molecule has 1 heterocycles. The zero-order valence-corrected chi connectivity index (χ0v) is 15.2. The molecule has 3 nitrogen and oxygen atoms in total. The minimum absolute atomic E-state index is 0.0220. The summed E-state index contributed by atoms with van der Waals surface area (Å²) in [5.74, 6) is 0.834. The molecular weight excluding hydrogens is 332 g/mol. The number of rotatable bonds is 3. The van der Waals surface area contributed by atoms with Crippen LogP contribution < -0.4 is 10.5 Å². The lowest BCUT2D eigenvalue weighted by Crippen LogP contribution is -2.51. The molecule has 1 fully saturated rings. The minimum Gasteiger partial charge on any atom is -0.484 e. The van der Waals surface area contributed by atoms with Crippen LogP contribution in [-0.4, -0.2) is 30.1 Å². The third kappa shape index (κ3) is 3.69. The van der Waals surface area contributed by atoms with Crippen LogP contribution in [0.5, 0.6) is 5.75 Å². The van der Waals surface area contributed by atoms with E-state index in [0.717, 1.165) is 38.1 Å². The van der Waals surface area contributed by atoms with Crippen molar-refractivity contribution in [3.8, 4) is 5.75 Å². The first-order valence-corrected chi connectivity index (χ1v) is 9.58. The topological polar surface area (TPSA) is 38.5 Å². The SMILES string of the molecule is N[C@@H]1CCCN(C2CCc3ccccc3C2Oc2cccc(Cl)c2)C1. The zero-order chi connectivity index (χ0) is 17.2. The van der Waals surface area contributed by atoms with Gasteiger partial charge in [-0.1, -0.05) is 41.9 Å². The largest absolute Gasteiger partial charge is 0.484 e. The number of nitrogens with two attached hydrogens (primary N) is 1. The van der Waals surface area contributed by atoms with Gasteiger partial charge in [-0.25, -0.2) is 0 Å². The van der Waals surface area contributed by atoms with E-state index in [1.54, 1.807) is 0 Å². The van der Waals surface area contributed by atoms with Crippen molar-refractivity contribution in [2.24, 2.45) is 5.73 Å². The Morgan fingerprint density at radius 3 is 2.80 bits per heavy atom. The highest BCUT2D eigenvalue weighted by Gasteiger charge is 2.36. The van der Waals surface area contributed by atoms with Crippen molar-refractivity contribution in [3.63, 3.8) is 0 Å². The van der Waals surface area contributed by atoms with Gasteiger partial charge < -0.3 is 10.5 Å². The van der Waals surface area contributed by atoms with Gasteiger partial charge in [0.2, 0.25) is 0 Å². The van der Waals surface area contributed by atoms with Gasteiger partial charge >= 0.3 is 0 Å². The van der Waals surface area contributed by atoms with Crippen molar-refractivity contribution < 1.29 is 4.74 Å². The van der Waals surface area contributed by atoms with Gasteiger partial charge in [0.1, 0.15) is 11.9 Å². The third-order valence-electron chi connectivity index (χ3n) is 5.44. The van der Waals surface area contributed by atoms with Crippen molar-refractivity contribution >= 4 is 11.6 Å². The predicted octanol–water partition coefficient (Wildman–Crippen LogP) is 4.20. The highest BCUT2D eigenvalue weighted by Crippen LogP contribution is 2.37. The number of piperidine rings is 1. The number of benzene rings is 2. The standard InChI is InChI=1S/C21H25ClN2O/c22-16-6-3-8-18(13-16)25-21-19-9-2-1-5-15(19)10-11-20(21)24-12-4-7-17(23)14-24/h1-3,5-6,8-9,13,17,20-21H,4,7,10-12,14,23H2/t17-,20?,21?/m1/s1. The Morgan fingerprint density at radius 1 is 1.08 bits per heavy atom. The van der Waals surface area contributed by atoms with Gasteiger partial charge in [-0.2, -0.15) is 0 Å². The zero-order valence-electron chi connectivity index (χ0n) is 14.4. The van der Waals surface area contributed by atoms with Crippen LogP contribution in [0.4, 0.5) is 0 Å². The fourth-order valence-electron chi connectivity index (χ4n) is 4.25. The first-order chi connectivity index (χ1) is 12.2. The molecule has 1 aliphatic heterocycles. The van der Waals surface area contributed by atoms with Crippen molar-refractivity contribution in [2.45, 2.75) is 43.9 Å². The molecule has 4 rings (SSSR count). The molecule has 2 N–H and O–H groups in total. The van der Waals surface area contributed by atoms with E-state index in [4.69, 9.17) is 22.1 Å². The Kier molecular flexibility index (Phi) is 4.98. The number of fused-ring (bicyclic) bond motifs is 1. The Hall–Kier alpha value is -1.55. The number of ether oxygens (including phenoxy) is 1. The van der Waals surface area contributed by atoms with E-state index in [1.807, 2.05) is 24.3 Å². The van der Waals surface area contributed by atoms with Crippen LogP contribution in [0.25, 0.3) is 0 Å². The summed E-state index contributed by atoms with van der Waals surface area (Å²) in [6, 6.07) is 17.0. The smallest absolute Gasteiger partial charge is 0.139 e. The van der Waals surface area contributed by atoms with E-state index in [-0.39, 0.29) is 12.1 Å². The van der Waals surface area contributed by atoms with Crippen LogP contribution in [0.2, 0.25) is 5.02 Å². The molecule has 2 unspecified atom stereocenters. The van der Waals surface area contributed by atoms with Crippen LogP contribution in [0.3, 0.4) is 0 Å². The molecule has 132 valence electrons. The van der Waals surface area contributed by atoms with E-state index in [9.17, 15) is 0 Å². The Labute approximate surface area is 154 Å². The molecule has 2 aromatic carbocycles. The molecule has 25 heavy (non-hydrogen) atoms. The first kappa shape index (κ1) is 16.9. The van der Waals surface area contributed by atoms with Crippen LogP contribution in [0.15, 0.2) is 48.5 Å². The molecule has 1 aliphatic carbocycles. The van der Waals surface area contributed by atoms with Crippen molar-refractivity contribution in [1.29, 1.82) is 0 Å². The van der Waals surface area contributed by atoms with Gasteiger partial charge in [0.05, 0.1) is 6.04 Å². The molecule has 2 aromatic rings. The molecular formula is C21H25ClN2O. The number of nitrogens with zero attached hydrogens (tertiary/aromatic N) is 1. The van der Waals surface area contributed by atoms with E-state index in [1.165, 1.54) is 17.5 Å². The fraction of sp³-hybridized carbons (Fsp3) is 0.429.